The molecule has 0 aliphatic carbocycles. The summed E-state index contributed by atoms with van der Waals surface area (Å²) in [6.45, 7) is 1.86. The van der Waals surface area contributed by atoms with Crippen LogP contribution in [-0.4, -0.2) is 14.5 Å². The van der Waals surface area contributed by atoms with E-state index >= 15 is 0 Å². The van der Waals surface area contributed by atoms with Crippen LogP contribution >= 0.6 is 23.6 Å². The summed E-state index contributed by atoms with van der Waals surface area (Å²) >= 11 is 6.66. The average molecular weight is 275 g/mol. The number of nitrogens with zero attached hydrogens (tertiary/aromatic N) is 2. The van der Waals surface area contributed by atoms with Gasteiger partial charge in [0.2, 0.25) is 0 Å². The molecule has 0 fully saturated rings. The van der Waals surface area contributed by atoms with Crippen LogP contribution in [0, 0.1) is 11.7 Å². The van der Waals surface area contributed by atoms with Crippen LogP contribution < -0.4 is 5.56 Å². The summed E-state index contributed by atoms with van der Waals surface area (Å²) in [7, 11) is 0. The maximum atomic E-state index is 12.4. The number of hydrogen-bond donors (Lipinski definition) is 1. The normalized spacial score (nSPS) is 10.9. The smallest absolute Gasteiger partial charge is 0.276 e. The predicted molar refractivity (Wildman–Crippen MR) is 75.1 cm³/mol. The van der Waals surface area contributed by atoms with E-state index in [0.717, 1.165) is 16.9 Å². The third-order valence-electron chi connectivity index (χ3n) is 2.73. The van der Waals surface area contributed by atoms with Crippen molar-refractivity contribution in [2.45, 2.75) is 6.92 Å². The third-order valence-corrected chi connectivity index (χ3v) is 3.91. The topological polar surface area (TPSA) is 50.7 Å². The number of thiophene rings is 1. The first kappa shape index (κ1) is 11.3. The number of aromatic amines is 1. The second kappa shape index (κ2) is 4.15. The number of fused-ring (bicyclic) bond motifs is 1. The van der Waals surface area contributed by atoms with Crippen LogP contribution in [0.3, 0.4) is 0 Å². The highest BCUT2D eigenvalue weighted by molar-refractivity contribution is 7.71. The zero-order chi connectivity index (χ0) is 12.7. The fraction of sp³-hybridized carbons (Fsp3) is 0.0833. The predicted octanol–water partition coefficient (Wildman–Crippen LogP) is 2.81. The quantitative estimate of drug-likeness (QED) is 0.695. The monoisotopic (exact) mass is 275 g/mol. The van der Waals surface area contributed by atoms with Crippen LogP contribution in [0.1, 0.15) is 5.69 Å². The first-order valence-electron chi connectivity index (χ1n) is 5.33. The molecule has 0 saturated carbocycles. The number of aryl methyl sites for hydroxylation is 1. The van der Waals surface area contributed by atoms with Crippen LogP contribution in [0.4, 0.5) is 0 Å². The van der Waals surface area contributed by atoms with Crippen molar-refractivity contribution in [3.8, 4) is 5.69 Å². The van der Waals surface area contributed by atoms with Gasteiger partial charge >= 0.3 is 0 Å². The summed E-state index contributed by atoms with van der Waals surface area (Å²) in [5.41, 5.74) is 2.18. The van der Waals surface area contributed by atoms with Gasteiger partial charge < -0.3 is 4.98 Å². The lowest BCUT2D eigenvalue weighted by molar-refractivity contribution is 0.919. The van der Waals surface area contributed by atoms with Gasteiger partial charge in [0.25, 0.3) is 5.56 Å². The van der Waals surface area contributed by atoms with Crippen molar-refractivity contribution in [1.29, 1.82) is 0 Å². The van der Waals surface area contributed by atoms with Crippen molar-refractivity contribution in [2.75, 3.05) is 0 Å². The Morgan fingerprint density at radius 3 is 3.06 bits per heavy atom. The Morgan fingerprint density at radius 2 is 2.28 bits per heavy atom. The van der Waals surface area contributed by atoms with Crippen molar-refractivity contribution >= 4 is 33.8 Å². The Kier molecular flexibility index (Phi) is 2.61. The highest BCUT2D eigenvalue weighted by Gasteiger charge is 2.10. The first-order valence-corrected chi connectivity index (χ1v) is 6.62. The summed E-state index contributed by atoms with van der Waals surface area (Å²) in [4.78, 5) is 19.7. The molecule has 4 nitrogen and oxygen atoms in total. The third kappa shape index (κ3) is 1.61. The average Bonchev–Trinajstić information content (AvgIpc) is 2.79. The number of aromatic nitrogens is 3. The van der Waals surface area contributed by atoms with Crippen LogP contribution in [0.5, 0.6) is 0 Å². The molecule has 0 aromatic carbocycles. The van der Waals surface area contributed by atoms with Gasteiger partial charge in [-0.2, -0.15) is 0 Å². The summed E-state index contributed by atoms with van der Waals surface area (Å²) in [5.74, 6) is 0. The van der Waals surface area contributed by atoms with Crippen molar-refractivity contribution in [1.82, 2.24) is 14.5 Å². The van der Waals surface area contributed by atoms with Gasteiger partial charge in [0, 0.05) is 6.20 Å². The first-order chi connectivity index (χ1) is 8.68. The molecular formula is C12H9N3OS2. The molecule has 1 N–H and O–H groups in total. The molecule has 0 bridgehead atoms. The van der Waals surface area contributed by atoms with Crippen molar-refractivity contribution in [3.05, 3.63) is 50.6 Å². The molecule has 3 heterocycles. The molecule has 3 aromatic heterocycles. The lowest BCUT2D eigenvalue weighted by Crippen LogP contribution is -2.20. The van der Waals surface area contributed by atoms with Crippen LogP contribution in [0.15, 0.2) is 34.6 Å². The molecule has 3 aromatic rings. The van der Waals surface area contributed by atoms with E-state index in [1.807, 2.05) is 24.4 Å². The lowest BCUT2D eigenvalue weighted by atomic mass is 10.3. The Bertz CT molecular complexity index is 844. The SMILES string of the molecule is Cc1ncccc1-n1c(=S)[nH]c2ccsc2c1=O. The second-order valence-electron chi connectivity index (χ2n) is 3.84. The molecule has 0 aliphatic heterocycles. The van der Waals surface area contributed by atoms with E-state index in [0.29, 0.717) is 9.47 Å². The van der Waals surface area contributed by atoms with Gasteiger partial charge in [0.15, 0.2) is 4.77 Å². The van der Waals surface area contributed by atoms with E-state index in [1.165, 1.54) is 15.9 Å². The molecule has 18 heavy (non-hydrogen) atoms. The number of nitrogens with one attached hydrogen (secondary N) is 1. The second-order valence-corrected chi connectivity index (χ2v) is 5.14. The molecule has 0 amide bonds. The maximum absolute atomic E-state index is 12.4. The molecule has 0 aliphatic rings. The minimum atomic E-state index is -0.0974. The number of rotatable bonds is 1. The van der Waals surface area contributed by atoms with E-state index in [-0.39, 0.29) is 5.56 Å². The molecule has 6 heteroatoms. The fourth-order valence-corrected chi connectivity index (χ4v) is 2.94. The summed E-state index contributed by atoms with van der Waals surface area (Å²) in [6.07, 6.45) is 1.69. The maximum Gasteiger partial charge on any atom is 0.276 e. The van der Waals surface area contributed by atoms with Gasteiger partial charge in [-0.3, -0.25) is 14.3 Å². The van der Waals surface area contributed by atoms with Gasteiger partial charge in [-0.25, -0.2) is 0 Å². The zero-order valence-corrected chi connectivity index (χ0v) is 11.1. The van der Waals surface area contributed by atoms with Crippen LogP contribution in [0.25, 0.3) is 15.9 Å². The molecule has 3 rings (SSSR count). The van der Waals surface area contributed by atoms with E-state index < -0.39 is 0 Å². The lowest BCUT2D eigenvalue weighted by Gasteiger charge is -2.08. The highest BCUT2D eigenvalue weighted by atomic mass is 32.1. The standard InChI is InChI=1S/C12H9N3OS2/c1-7-9(3-2-5-13-7)15-11(16)10-8(4-6-18-10)14-12(15)17/h2-6H,1H3,(H,14,17). The minimum Gasteiger partial charge on any atom is -0.331 e. The van der Waals surface area contributed by atoms with Gasteiger partial charge in [0.05, 0.1) is 16.9 Å². The Morgan fingerprint density at radius 1 is 1.44 bits per heavy atom. The van der Waals surface area contributed by atoms with Crippen LogP contribution in [0.2, 0.25) is 0 Å². The van der Waals surface area contributed by atoms with Crippen molar-refractivity contribution < 1.29 is 0 Å². The fourth-order valence-electron chi connectivity index (χ4n) is 1.87. The van der Waals surface area contributed by atoms with Crippen LogP contribution in [-0.2, 0) is 0 Å². The van der Waals surface area contributed by atoms with E-state index in [2.05, 4.69) is 9.97 Å². The molecule has 0 saturated heterocycles. The Hall–Kier alpha value is -1.79. The number of pyridine rings is 1. The van der Waals surface area contributed by atoms with E-state index in [1.54, 1.807) is 12.3 Å². The molecule has 0 unspecified atom stereocenters. The molecule has 0 atom stereocenters. The number of hydrogen-bond acceptors (Lipinski definition) is 4. The number of H-pyrrole nitrogens is 1. The largest absolute Gasteiger partial charge is 0.331 e. The minimum absolute atomic E-state index is 0.0974. The van der Waals surface area contributed by atoms with Gasteiger partial charge in [-0.15, -0.1) is 11.3 Å². The van der Waals surface area contributed by atoms with Gasteiger partial charge in [-0.05, 0) is 42.7 Å². The van der Waals surface area contributed by atoms with Gasteiger partial charge in [0.1, 0.15) is 4.70 Å². The van der Waals surface area contributed by atoms with Gasteiger partial charge in [-0.1, -0.05) is 0 Å². The zero-order valence-electron chi connectivity index (χ0n) is 9.51. The summed E-state index contributed by atoms with van der Waals surface area (Å²) in [6, 6.07) is 5.49. The Balaban J connectivity index is 2.47. The Labute approximate surface area is 112 Å². The molecule has 0 spiro atoms. The van der Waals surface area contributed by atoms with E-state index in [4.69, 9.17) is 12.2 Å². The highest BCUT2D eigenvalue weighted by Crippen LogP contribution is 2.16. The summed E-state index contributed by atoms with van der Waals surface area (Å²) < 4.78 is 2.56. The molecule has 90 valence electrons. The summed E-state index contributed by atoms with van der Waals surface area (Å²) in [5, 5.41) is 1.87. The van der Waals surface area contributed by atoms with E-state index in [9.17, 15) is 4.79 Å². The molecular weight excluding hydrogens is 266 g/mol. The van der Waals surface area contributed by atoms with Crippen molar-refractivity contribution in [3.63, 3.8) is 0 Å². The van der Waals surface area contributed by atoms with Crippen molar-refractivity contribution in [2.24, 2.45) is 0 Å². The molecule has 0 radical (unpaired) electrons.